The van der Waals surface area contributed by atoms with Crippen molar-refractivity contribution in [2.75, 3.05) is 32.8 Å². The van der Waals surface area contributed by atoms with E-state index in [1.807, 2.05) is 6.92 Å². The molecule has 15 heavy (non-hydrogen) atoms. The summed E-state index contributed by atoms with van der Waals surface area (Å²) >= 11 is 0. The summed E-state index contributed by atoms with van der Waals surface area (Å²) in [4.78, 5) is 0. The largest absolute Gasteiger partial charge is 0.378 e. The van der Waals surface area contributed by atoms with Crippen molar-refractivity contribution in [3.8, 4) is 0 Å². The van der Waals surface area contributed by atoms with Crippen LogP contribution >= 0.6 is 0 Å². The second-order valence-corrected chi connectivity index (χ2v) is 5.18. The number of morpholine rings is 1. The second kappa shape index (κ2) is 5.76. The number of nitrogens with zero attached hydrogens (tertiary/aromatic N) is 1. The molecule has 0 aliphatic carbocycles. The van der Waals surface area contributed by atoms with Crippen LogP contribution in [0.3, 0.4) is 0 Å². The summed E-state index contributed by atoms with van der Waals surface area (Å²) in [7, 11) is -3.38. The Morgan fingerprint density at radius 1 is 1.60 bits per heavy atom. The van der Waals surface area contributed by atoms with Gasteiger partial charge in [0.1, 0.15) is 0 Å². The van der Waals surface area contributed by atoms with E-state index in [-0.39, 0.29) is 12.6 Å². The Labute approximate surface area is 90.9 Å². The first-order valence-corrected chi connectivity index (χ1v) is 6.60. The van der Waals surface area contributed by atoms with Gasteiger partial charge in [-0.1, -0.05) is 6.92 Å². The van der Waals surface area contributed by atoms with Crippen LogP contribution in [0.25, 0.3) is 0 Å². The molecule has 0 aromatic rings. The van der Waals surface area contributed by atoms with E-state index in [1.54, 1.807) is 0 Å². The van der Waals surface area contributed by atoms with Crippen LogP contribution < -0.4 is 10.5 Å². The van der Waals surface area contributed by atoms with Crippen molar-refractivity contribution >= 4 is 10.2 Å². The van der Waals surface area contributed by atoms with Crippen LogP contribution in [0.4, 0.5) is 0 Å². The molecule has 3 N–H and O–H groups in total. The van der Waals surface area contributed by atoms with E-state index in [0.29, 0.717) is 26.3 Å². The molecule has 0 saturated carbocycles. The Morgan fingerprint density at radius 3 is 2.93 bits per heavy atom. The molecule has 0 aromatic heterocycles. The monoisotopic (exact) mass is 237 g/mol. The van der Waals surface area contributed by atoms with Crippen LogP contribution in [-0.4, -0.2) is 51.6 Å². The molecule has 1 fully saturated rings. The van der Waals surface area contributed by atoms with E-state index in [9.17, 15) is 8.42 Å². The fraction of sp³-hybridized carbons (Fsp3) is 1.00. The number of hydrogen-bond acceptors (Lipinski definition) is 4. The molecule has 0 bridgehead atoms. The first-order chi connectivity index (χ1) is 7.11. The van der Waals surface area contributed by atoms with Gasteiger partial charge in [-0.15, -0.1) is 0 Å². The number of hydrogen-bond donors (Lipinski definition) is 2. The molecular weight excluding hydrogens is 218 g/mol. The third-order valence-electron chi connectivity index (χ3n) is 2.29. The minimum atomic E-state index is -3.38. The van der Waals surface area contributed by atoms with Crippen LogP contribution in [0.15, 0.2) is 0 Å². The van der Waals surface area contributed by atoms with Crippen LogP contribution in [0.1, 0.15) is 13.3 Å². The summed E-state index contributed by atoms with van der Waals surface area (Å²) in [5.74, 6) is 0. The molecule has 1 aliphatic heterocycles. The lowest BCUT2D eigenvalue weighted by Gasteiger charge is -2.33. The van der Waals surface area contributed by atoms with Gasteiger partial charge < -0.3 is 10.5 Å². The van der Waals surface area contributed by atoms with Crippen molar-refractivity contribution in [2.24, 2.45) is 5.73 Å². The van der Waals surface area contributed by atoms with Gasteiger partial charge in [-0.25, -0.2) is 4.72 Å². The van der Waals surface area contributed by atoms with Crippen molar-refractivity contribution < 1.29 is 13.2 Å². The van der Waals surface area contributed by atoms with Crippen LogP contribution in [0.5, 0.6) is 0 Å². The quantitative estimate of drug-likeness (QED) is 0.635. The van der Waals surface area contributed by atoms with Gasteiger partial charge >= 0.3 is 0 Å². The van der Waals surface area contributed by atoms with Gasteiger partial charge in [0.2, 0.25) is 0 Å². The van der Waals surface area contributed by atoms with E-state index < -0.39 is 10.2 Å². The maximum Gasteiger partial charge on any atom is 0.279 e. The maximum atomic E-state index is 11.8. The third-order valence-corrected chi connectivity index (χ3v) is 3.96. The van der Waals surface area contributed by atoms with E-state index in [0.717, 1.165) is 6.42 Å². The highest BCUT2D eigenvalue weighted by Gasteiger charge is 2.31. The topological polar surface area (TPSA) is 84.7 Å². The number of nitrogens with two attached hydrogens (primary N) is 1. The van der Waals surface area contributed by atoms with Crippen LogP contribution in [-0.2, 0) is 14.9 Å². The molecule has 1 atom stereocenters. The molecule has 1 saturated heterocycles. The average Bonchev–Trinajstić information content (AvgIpc) is 2.26. The number of rotatable bonds is 5. The van der Waals surface area contributed by atoms with Gasteiger partial charge in [-0.2, -0.15) is 12.7 Å². The molecule has 90 valence electrons. The summed E-state index contributed by atoms with van der Waals surface area (Å²) in [5.41, 5.74) is 5.51. The van der Waals surface area contributed by atoms with Crippen molar-refractivity contribution in [2.45, 2.75) is 19.4 Å². The zero-order valence-corrected chi connectivity index (χ0v) is 9.79. The lowest BCUT2D eigenvalue weighted by molar-refractivity contribution is 0.0352. The second-order valence-electron chi connectivity index (χ2n) is 3.47. The van der Waals surface area contributed by atoms with Gasteiger partial charge in [0.25, 0.3) is 10.2 Å². The zero-order valence-electron chi connectivity index (χ0n) is 8.98. The molecule has 1 aliphatic rings. The molecule has 1 unspecified atom stereocenters. The van der Waals surface area contributed by atoms with Crippen LogP contribution in [0.2, 0.25) is 0 Å². The molecule has 0 amide bonds. The first-order valence-electron chi connectivity index (χ1n) is 5.16. The minimum absolute atomic E-state index is 0.242. The Bertz CT molecular complexity index is 281. The predicted molar refractivity (Wildman–Crippen MR) is 57.6 cm³/mol. The Hall–Kier alpha value is -0.210. The lowest BCUT2D eigenvalue weighted by Crippen LogP contribution is -2.55. The average molecular weight is 237 g/mol. The van der Waals surface area contributed by atoms with Gasteiger partial charge in [0.05, 0.1) is 19.3 Å². The van der Waals surface area contributed by atoms with Crippen LogP contribution in [0, 0.1) is 0 Å². The molecule has 7 heteroatoms. The van der Waals surface area contributed by atoms with E-state index in [1.165, 1.54) is 4.31 Å². The lowest BCUT2D eigenvalue weighted by atomic mass is 10.3. The predicted octanol–water partition coefficient (Wildman–Crippen LogP) is -1.11. The Morgan fingerprint density at radius 2 is 2.33 bits per heavy atom. The van der Waals surface area contributed by atoms with Crippen molar-refractivity contribution in [1.82, 2.24) is 9.03 Å². The SMILES string of the molecule is CCCNS(=O)(=O)N1CCOCC1CN. The number of nitrogens with one attached hydrogen (secondary N) is 1. The highest BCUT2D eigenvalue weighted by Crippen LogP contribution is 2.09. The van der Waals surface area contributed by atoms with Gasteiger partial charge in [0.15, 0.2) is 0 Å². The standard InChI is InChI=1S/C8H19N3O3S/c1-2-3-10-15(12,13)11-4-5-14-7-8(11)6-9/h8,10H,2-7,9H2,1H3. The number of ether oxygens (including phenoxy) is 1. The summed E-state index contributed by atoms with van der Waals surface area (Å²) < 4.78 is 32.7. The smallest absolute Gasteiger partial charge is 0.279 e. The van der Waals surface area contributed by atoms with Gasteiger partial charge in [0, 0.05) is 19.6 Å². The van der Waals surface area contributed by atoms with Crippen molar-refractivity contribution in [3.63, 3.8) is 0 Å². The minimum Gasteiger partial charge on any atom is -0.378 e. The maximum absolute atomic E-state index is 11.8. The molecule has 1 rings (SSSR count). The first kappa shape index (κ1) is 12.9. The highest BCUT2D eigenvalue weighted by atomic mass is 32.2. The summed E-state index contributed by atoms with van der Waals surface area (Å²) in [5, 5.41) is 0. The van der Waals surface area contributed by atoms with Gasteiger partial charge in [-0.3, -0.25) is 0 Å². The van der Waals surface area contributed by atoms with E-state index in [2.05, 4.69) is 4.72 Å². The molecule has 1 heterocycles. The molecule has 0 radical (unpaired) electrons. The summed E-state index contributed by atoms with van der Waals surface area (Å²) in [6.45, 7) is 3.85. The van der Waals surface area contributed by atoms with Crippen molar-refractivity contribution in [1.29, 1.82) is 0 Å². The fourth-order valence-corrected chi connectivity index (χ4v) is 2.94. The molecule has 0 spiro atoms. The zero-order chi connectivity index (χ0) is 11.3. The third kappa shape index (κ3) is 3.39. The molecule has 0 aromatic carbocycles. The fourth-order valence-electron chi connectivity index (χ4n) is 1.46. The van der Waals surface area contributed by atoms with Crippen molar-refractivity contribution in [3.05, 3.63) is 0 Å². The van der Waals surface area contributed by atoms with E-state index >= 15 is 0 Å². The molecular formula is C8H19N3O3S. The van der Waals surface area contributed by atoms with Gasteiger partial charge in [-0.05, 0) is 6.42 Å². The summed E-state index contributed by atoms with van der Waals surface area (Å²) in [6.07, 6.45) is 0.775. The highest BCUT2D eigenvalue weighted by molar-refractivity contribution is 7.87. The molecule has 6 nitrogen and oxygen atoms in total. The Balaban J connectivity index is 2.65. The Kier molecular flexibility index (Phi) is 4.94. The van der Waals surface area contributed by atoms with E-state index in [4.69, 9.17) is 10.5 Å². The summed E-state index contributed by atoms with van der Waals surface area (Å²) in [6, 6.07) is -0.242. The normalized spacial score (nSPS) is 24.3.